The third-order valence-electron chi connectivity index (χ3n) is 12.7. The minimum absolute atomic E-state index is 0.00233. The largest absolute Gasteiger partial charge is 0.463 e. The maximum Gasteiger partial charge on any atom is 0.311 e. The van der Waals surface area contributed by atoms with Gasteiger partial charge in [-0.2, -0.15) is 0 Å². The Morgan fingerprint density at radius 2 is 1.02 bits per heavy atom. The van der Waals surface area contributed by atoms with Gasteiger partial charge in [-0.15, -0.1) is 0 Å². The predicted octanol–water partition coefficient (Wildman–Crippen LogP) is 11.7. The van der Waals surface area contributed by atoms with Gasteiger partial charge in [-0.25, -0.2) is 0 Å². The molecule has 1 aromatic heterocycles. The fourth-order valence-corrected chi connectivity index (χ4v) is 8.73. The van der Waals surface area contributed by atoms with Crippen molar-refractivity contribution < 1.29 is 48.6 Å². The maximum absolute atomic E-state index is 14.0. The van der Waals surface area contributed by atoms with Crippen LogP contribution < -0.4 is 14.9 Å². The molecule has 64 heavy (non-hydrogen) atoms. The molecule has 11 nitrogen and oxygen atoms in total. The first-order valence-corrected chi connectivity index (χ1v) is 25.1. The van der Waals surface area contributed by atoms with Gasteiger partial charge in [0.1, 0.15) is 53.9 Å². The molecule has 11 heteroatoms. The van der Waals surface area contributed by atoms with Crippen molar-refractivity contribution in [3.8, 4) is 22.6 Å². The molecule has 4 N–H and O–H groups in total. The first-order valence-electron chi connectivity index (χ1n) is 25.1. The molecule has 0 aliphatic carbocycles. The zero-order valence-corrected chi connectivity index (χ0v) is 39.1. The van der Waals surface area contributed by atoms with Crippen LogP contribution in [0.15, 0.2) is 51.9 Å². The molecular weight excluding hydrogens is 813 g/mol. The molecule has 0 amide bonds. The first kappa shape index (κ1) is 53.0. The normalized spacial score (nSPS) is 18.7. The highest BCUT2D eigenvalue weighted by atomic mass is 16.6. The third kappa shape index (κ3) is 17.6. The Bertz CT molecular complexity index is 1820. The van der Waals surface area contributed by atoms with Gasteiger partial charge in [0, 0.05) is 12.8 Å². The summed E-state index contributed by atoms with van der Waals surface area (Å²) in [7, 11) is 0. The Morgan fingerprint density at radius 3 is 1.48 bits per heavy atom. The Balaban J connectivity index is 1.32. The van der Waals surface area contributed by atoms with Gasteiger partial charge in [0.15, 0.2) is 0 Å². The lowest BCUT2D eigenvalue weighted by Crippen LogP contribution is -2.55. The van der Waals surface area contributed by atoms with Crippen molar-refractivity contribution in [3.63, 3.8) is 0 Å². The Kier molecular flexibility index (Phi) is 25.3. The van der Waals surface area contributed by atoms with Crippen LogP contribution in [0.5, 0.6) is 11.5 Å². The zero-order valence-electron chi connectivity index (χ0n) is 39.1. The fourth-order valence-electron chi connectivity index (χ4n) is 8.73. The summed E-state index contributed by atoms with van der Waals surface area (Å²) in [6, 6.07) is 9.48. The van der Waals surface area contributed by atoms with Crippen LogP contribution in [0.3, 0.4) is 0 Å². The zero-order chi connectivity index (χ0) is 45.9. The van der Waals surface area contributed by atoms with E-state index in [2.05, 4.69) is 13.8 Å². The number of fused-ring (bicyclic) bond motifs is 1. The summed E-state index contributed by atoms with van der Waals surface area (Å²) in [4.78, 5) is 39.8. The first-order chi connectivity index (χ1) is 31.2. The van der Waals surface area contributed by atoms with E-state index in [0.29, 0.717) is 24.2 Å². The quantitative estimate of drug-likeness (QED) is 0.0260. The number of carbonyl (C=O) groups is 2. The van der Waals surface area contributed by atoms with E-state index >= 15 is 0 Å². The van der Waals surface area contributed by atoms with Gasteiger partial charge in [-0.05, 0) is 42.7 Å². The second kappa shape index (κ2) is 30.6. The second-order valence-corrected chi connectivity index (χ2v) is 18.0. The Morgan fingerprint density at radius 1 is 0.562 bits per heavy atom. The molecule has 1 fully saturated rings. The number of esters is 2. The van der Waals surface area contributed by atoms with Gasteiger partial charge >= 0.3 is 11.9 Å². The standard InChI is InChI=1S/C53H80O11/c1-3-5-7-9-11-13-15-17-19-21-23-25-27-29-45(55)62-40-33-31-39(32-34-40)42-38-61-52-41(48(42)57)35-36-43(47(52)53-51(60)50(59)49(58)44(37-54)64-53)63-46(56)30-28-26-24-22-20-18-16-14-12-10-8-6-4-2/h31-36,38,44,49-51,53-54,58-60H,3-30,37H2,1-2H3/t44-,49-,50+,51-,53?/m1/s1. The lowest BCUT2D eigenvalue weighted by molar-refractivity contribution is -0.231. The van der Waals surface area contributed by atoms with E-state index < -0.39 is 48.5 Å². The minimum Gasteiger partial charge on any atom is -0.463 e. The summed E-state index contributed by atoms with van der Waals surface area (Å²) in [5, 5.41) is 42.4. The van der Waals surface area contributed by atoms with Gasteiger partial charge in [0.25, 0.3) is 0 Å². The van der Waals surface area contributed by atoms with Crippen molar-refractivity contribution in [3.05, 3.63) is 58.4 Å². The van der Waals surface area contributed by atoms with Crippen LogP contribution in [0.2, 0.25) is 0 Å². The molecule has 5 atom stereocenters. The van der Waals surface area contributed by atoms with Gasteiger partial charge in [-0.1, -0.05) is 180 Å². The van der Waals surface area contributed by atoms with Crippen LogP contribution in [0, 0.1) is 0 Å². The molecule has 1 aliphatic heterocycles. The van der Waals surface area contributed by atoms with Crippen molar-refractivity contribution in [1.29, 1.82) is 0 Å². The Labute approximate surface area is 382 Å². The molecule has 3 aromatic rings. The van der Waals surface area contributed by atoms with Crippen LogP contribution in [0.4, 0.5) is 0 Å². The molecule has 2 aromatic carbocycles. The van der Waals surface area contributed by atoms with Crippen LogP contribution in [-0.4, -0.2) is 63.4 Å². The maximum atomic E-state index is 14.0. The van der Waals surface area contributed by atoms with Crippen LogP contribution >= 0.6 is 0 Å². The molecule has 1 unspecified atom stereocenters. The van der Waals surface area contributed by atoms with Crippen LogP contribution in [0.25, 0.3) is 22.1 Å². The van der Waals surface area contributed by atoms with E-state index in [1.165, 1.54) is 140 Å². The number of aliphatic hydroxyl groups excluding tert-OH is 4. The van der Waals surface area contributed by atoms with E-state index in [-0.39, 0.29) is 40.2 Å². The summed E-state index contributed by atoms with van der Waals surface area (Å²) in [6.45, 7) is 3.81. The number of ether oxygens (including phenoxy) is 3. The van der Waals surface area contributed by atoms with Gasteiger partial charge in [-0.3, -0.25) is 14.4 Å². The summed E-state index contributed by atoms with van der Waals surface area (Å²) >= 11 is 0. The van der Waals surface area contributed by atoms with E-state index in [0.717, 1.165) is 38.5 Å². The molecule has 1 saturated heterocycles. The average Bonchev–Trinajstić information content (AvgIpc) is 3.29. The van der Waals surface area contributed by atoms with Crippen LogP contribution in [-0.2, 0) is 14.3 Å². The molecule has 358 valence electrons. The van der Waals surface area contributed by atoms with Gasteiger partial charge < -0.3 is 39.1 Å². The summed E-state index contributed by atoms with van der Waals surface area (Å²) < 4.78 is 23.4. The van der Waals surface area contributed by atoms with E-state index in [1.807, 2.05) is 0 Å². The summed E-state index contributed by atoms with van der Waals surface area (Å²) in [5.41, 5.74) is 0.258. The topological polar surface area (TPSA) is 173 Å². The monoisotopic (exact) mass is 893 g/mol. The fraction of sp³-hybridized carbons (Fsp3) is 0.679. The number of rotatable bonds is 33. The molecular formula is C53H80O11. The number of benzene rings is 2. The second-order valence-electron chi connectivity index (χ2n) is 18.0. The minimum atomic E-state index is -1.72. The Hall–Kier alpha value is -3.61. The van der Waals surface area contributed by atoms with Crippen LogP contribution in [0.1, 0.15) is 205 Å². The number of hydrogen-bond acceptors (Lipinski definition) is 11. The molecule has 2 heterocycles. The van der Waals surface area contributed by atoms with Gasteiger partial charge in [0.2, 0.25) is 5.43 Å². The smallest absolute Gasteiger partial charge is 0.311 e. The van der Waals surface area contributed by atoms with Crippen molar-refractivity contribution in [2.24, 2.45) is 0 Å². The summed E-state index contributed by atoms with van der Waals surface area (Å²) in [5.74, 6) is -0.485. The summed E-state index contributed by atoms with van der Waals surface area (Å²) in [6.07, 6.45) is 25.2. The van der Waals surface area contributed by atoms with Crippen molar-refractivity contribution in [1.82, 2.24) is 0 Å². The van der Waals surface area contributed by atoms with Crippen molar-refractivity contribution in [2.45, 2.75) is 224 Å². The lowest BCUT2D eigenvalue weighted by atomic mass is 9.89. The number of aliphatic hydroxyl groups is 4. The number of unbranched alkanes of at least 4 members (excludes halogenated alkanes) is 24. The molecule has 0 bridgehead atoms. The molecule has 0 spiro atoms. The number of carbonyl (C=O) groups excluding carboxylic acids is 2. The van der Waals surface area contributed by atoms with E-state index in [1.54, 1.807) is 24.3 Å². The SMILES string of the molecule is CCCCCCCCCCCCCCCC(=O)Oc1ccc(-c2coc3c(C4O[C@H](CO)[C@@H](O)[C@H](O)[C@H]4O)c(OC(=O)CCCCCCCCCCCCCCC)ccc3c2=O)cc1. The number of hydrogen-bond donors (Lipinski definition) is 4. The molecule has 0 radical (unpaired) electrons. The highest BCUT2D eigenvalue weighted by Gasteiger charge is 2.46. The predicted molar refractivity (Wildman–Crippen MR) is 253 cm³/mol. The highest BCUT2D eigenvalue weighted by molar-refractivity contribution is 5.87. The highest BCUT2D eigenvalue weighted by Crippen LogP contribution is 2.41. The van der Waals surface area contributed by atoms with Crippen molar-refractivity contribution in [2.75, 3.05) is 6.61 Å². The van der Waals surface area contributed by atoms with Crippen molar-refractivity contribution >= 4 is 22.9 Å². The van der Waals surface area contributed by atoms with Gasteiger partial charge in [0.05, 0.1) is 23.1 Å². The third-order valence-corrected chi connectivity index (χ3v) is 12.7. The molecule has 0 saturated carbocycles. The average molecular weight is 893 g/mol. The molecule has 1 aliphatic rings. The van der Waals surface area contributed by atoms with E-state index in [9.17, 15) is 34.8 Å². The van der Waals surface area contributed by atoms with E-state index in [4.69, 9.17) is 18.6 Å². The lowest BCUT2D eigenvalue weighted by Gasteiger charge is -2.40. The molecule has 4 rings (SSSR count).